The number of amides is 2. The average molecular weight is 811 g/mol. The molecule has 56 heavy (non-hydrogen) atoms. The van der Waals surface area contributed by atoms with Crippen molar-refractivity contribution >= 4 is 75.4 Å². The van der Waals surface area contributed by atoms with E-state index in [1.807, 2.05) is 29.3 Å². The maximum Gasteiger partial charge on any atom is 0.355 e. The van der Waals surface area contributed by atoms with Gasteiger partial charge >= 0.3 is 23.9 Å². The number of carbonyl (C=O) groups is 6. The lowest BCUT2D eigenvalue weighted by Crippen LogP contribution is -2.70. The van der Waals surface area contributed by atoms with E-state index in [-0.39, 0.29) is 54.8 Å². The fourth-order valence-corrected chi connectivity index (χ4v) is 9.66. The number of aromatic nitrogens is 1. The summed E-state index contributed by atoms with van der Waals surface area (Å²) in [7, 11) is 0. The average Bonchev–Trinajstić information content (AvgIpc) is 3.67. The van der Waals surface area contributed by atoms with E-state index in [2.05, 4.69) is 5.32 Å². The summed E-state index contributed by atoms with van der Waals surface area (Å²) in [6, 6.07) is 3.82. The van der Waals surface area contributed by atoms with Gasteiger partial charge in [0.2, 0.25) is 11.3 Å². The Labute approximate surface area is 327 Å². The van der Waals surface area contributed by atoms with E-state index < -0.39 is 64.1 Å². The number of piperidine rings is 1. The topological polar surface area (TPSA) is 191 Å². The molecule has 4 aliphatic heterocycles. The molecule has 2 fully saturated rings. The van der Waals surface area contributed by atoms with Gasteiger partial charge < -0.3 is 34.1 Å². The third-order valence-corrected chi connectivity index (χ3v) is 12.6. The monoisotopic (exact) mass is 810 g/mol. The molecule has 0 bridgehead atoms. The second-order valence-electron chi connectivity index (χ2n) is 14.1. The molecule has 0 saturated carbocycles. The molecule has 15 nitrogen and oxygen atoms in total. The van der Waals surface area contributed by atoms with Gasteiger partial charge in [-0.2, -0.15) is 0 Å². The van der Waals surface area contributed by atoms with Crippen molar-refractivity contribution in [2.75, 3.05) is 37.0 Å². The molecule has 296 valence electrons. The summed E-state index contributed by atoms with van der Waals surface area (Å²) in [6.45, 7) is 3.26. The largest absolute Gasteiger partial charge is 0.477 e. The Balaban J connectivity index is 0.945. The van der Waals surface area contributed by atoms with Crippen molar-refractivity contribution in [2.24, 2.45) is 0 Å². The highest BCUT2D eigenvalue weighted by atomic mass is 32.2. The van der Waals surface area contributed by atoms with Crippen LogP contribution >= 0.6 is 23.1 Å². The summed E-state index contributed by atoms with van der Waals surface area (Å²) in [5.74, 6) is -4.66. The van der Waals surface area contributed by atoms with E-state index in [0.717, 1.165) is 10.9 Å². The highest BCUT2D eigenvalue weighted by Crippen LogP contribution is 2.41. The molecule has 7 rings (SSSR count). The first-order valence-corrected chi connectivity index (χ1v) is 20.1. The normalized spacial score (nSPS) is 20.6. The molecule has 1 unspecified atom stereocenters. The Hall–Kier alpha value is -5.23. The maximum atomic E-state index is 15.7. The van der Waals surface area contributed by atoms with Gasteiger partial charge in [0.1, 0.15) is 47.8 Å². The molecular formula is C38H39FN4O11S2. The lowest BCUT2D eigenvalue weighted by Gasteiger charge is -2.49. The number of carboxylic acid groups (broad SMARTS) is 1. The number of fused-ring (bicyclic) bond motifs is 1. The fourth-order valence-electron chi connectivity index (χ4n) is 7.63. The number of anilines is 1. The Morgan fingerprint density at radius 2 is 1.86 bits per heavy atom. The van der Waals surface area contributed by atoms with Crippen LogP contribution in [0.3, 0.4) is 0 Å². The molecule has 2 saturated heterocycles. The van der Waals surface area contributed by atoms with Crippen LogP contribution in [0.4, 0.5) is 10.1 Å². The number of esters is 3. The van der Waals surface area contributed by atoms with Gasteiger partial charge in [0.15, 0.2) is 0 Å². The number of hydrogen-bond acceptors (Lipinski definition) is 13. The second-order valence-corrected chi connectivity index (χ2v) is 16.2. The van der Waals surface area contributed by atoms with Crippen LogP contribution in [0.1, 0.15) is 66.4 Å². The number of aryl methyl sites for hydroxylation is 1. The molecule has 6 heterocycles. The molecule has 0 aliphatic carbocycles. The number of halogens is 1. The lowest BCUT2D eigenvalue weighted by atomic mass is 9.93. The number of thioether (sulfide) groups is 1. The number of carboxylic acids is 1. The lowest BCUT2D eigenvalue weighted by molar-refractivity contribution is -0.156. The number of nitrogens with zero attached hydrogens (tertiary/aromatic N) is 3. The van der Waals surface area contributed by atoms with E-state index >= 15 is 4.39 Å². The summed E-state index contributed by atoms with van der Waals surface area (Å²) >= 11 is 2.74. The number of hydrogen-bond donors (Lipinski definition) is 2. The zero-order chi connectivity index (χ0) is 39.8. The summed E-state index contributed by atoms with van der Waals surface area (Å²) in [5.41, 5.74) is 0.677. The predicted octanol–water partition coefficient (Wildman–Crippen LogP) is 3.31. The molecule has 2 aromatic heterocycles. The van der Waals surface area contributed by atoms with E-state index in [0.29, 0.717) is 61.1 Å². The van der Waals surface area contributed by atoms with Crippen molar-refractivity contribution in [2.45, 2.75) is 75.9 Å². The SMILES string of the molecule is CC(=O)OCC1=C(C(=O)OCCC(=O)OC2CCN(c3c(F)cc4c(=O)c(C(=O)O)cn5c4c3CCC5C)CC2)N2C(=O)[C@@H](NC(=O)Cc3cccs3)[C@H]2SC1. The number of β-lactam (4-membered cyclic amide) rings is 1. The Kier molecular flexibility index (Phi) is 11.2. The van der Waals surface area contributed by atoms with Gasteiger partial charge in [-0.05, 0) is 37.3 Å². The minimum absolute atomic E-state index is 0.0333. The Bertz CT molecular complexity index is 2210. The van der Waals surface area contributed by atoms with Gasteiger partial charge in [-0.15, -0.1) is 23.1 Å². The first-order valence-electron chi connectivity index (χ1n) is 18.2. The third kappa shape index (κ3) is 7.63. The number of ether oxygens (including phenoxy) is 3. The van der Waals surface area contributed by atoms with Crippen LogP contribution < -0.4 is 15.6 Å². The van der Waals surface area contributed by atoms with Crippen molar-refractivity contribution < 1.29 is 52.5 Å². The highest BCUT2D eigenvalue weighted by molar-refractivity contribution is 8.00. The molecule has 0 spiro atoms. The van der Waals surface area contributed by atoms with Gasteiger partial charge in [-0.3, -0.25) is 28.9 Å². The minimum atomic E-state index is -1.37. The molecule has 3 aromatic rings. The molecule has 1 aromatic carbocycles. The van der Waals surface area contributed by atoms with Crippen LogP contribution in [-0.4, -0.2) is 99.8 Å². The summed E-state index contributed by atoms with van der Waals surface area (Å²) < 4.78 is 33.7. The zero-order valence-corrected chi connectivity index (χ0v) is 32.2. The van der Waals surface area contributed by atoms with Crippen molar-refractivity contribution in [3.63, 3.8) is 0 Å². The van der Waals surface area contributed by atoms with Gasteiger partial charge in [-0.1, -0.05) is 6.07 Å². The number of aromatic carboxylic acids is 1. The van der Waals surface area contributed by atoms with E-state index in [4.69, 9.17) is 14.2 Å². The molecule has 4 aliphatic rings. The van der Waals surface area contributed by atoms with E-state index in [9.17, 15) is 38.7 Å². The molecule has 2 N–H and O–H groups in total. The summed E-state index contributed by atoms with van der Waals surface area (Å²) in [4.78, 5) is 92.4. The predicted molar refractivity (Wildman–Crippen MR) is 202 cm³/mol. The number of rotatable bonds is 12. The number of thiophene rings is 1. The van der Waals surface area contributed by atoms with E-state index in [1.165, 1.54) is 41.1 Å². The quantitative estimate of drug-likeness (QED) is 0.154. The molecule has 2 amide bonds. The van der Waals surface area contributed by atoms with Crippen molar-refractivity contribution in [3.05, 3.63) is 73.1 Å². The minimum Gasteiger partial charge on any atom is -0.477 e. The van der Waals surface area contributed by atoms with Crippen molar-refractivity contribution in [1.82, 2.24) is 14.8 Å². The van der Waals surface area contributed by atoms with Gasteiger partial charge in [0, 0.05) is 72.2 Å². The fraction of sp³-hybridized carbons (Fsp3) is 0.447. The maximum absolute atomic E-state index is 15.7. The number of nitrogens with one attached hydrogen (secondary N) is 1. The first kappa shape index (κ1) is 39.0. The number of carbonyl (C=O) groups excluding carboxylic acids is 5. The van der Waals surface area contributed by atoms with Gasteiger partial charge in [0.25, 0.3) is 5.91 Å². The van der Waals surface area contributed by atoms with Gasteiger partial charge in [-0.25, -0.2) is 14.0 Å². The van der Waals surface area contributed by atoms with Crippen LogP contribution in [-0.2, 0) is 51.0 Å². The van der Waals surface area contributed by atoms with Crippen LogP contribution in [0.5, 0.6) is 0 Å². The summed E-state index contributed by atoms with van der Waals surface area (Å²) in [5, 5.41) is 13.6. The molecule has 0 radical (unpaired) electrons. The Morgan fingerprint density at radius 3 is 2.55 bits per heavy atom. The zero-order valence-electron chi connectivity index (χ0n) is 30.5. The van der Waals surface area contributed by atoms with Crippen LogP contribution in [0.25, 0.3) is 10.9 Å². The first-order chi connectivity index (χ1) is 26.8. The molecular weight excluding hydrogens is 772 g/mol. The number of benzene rings is 1. The smallest absolute Gasteiger partial charge is 0.355 e. The molecule has 3 atom stereocenters. The van der Waals surface area contributed by atoms with Crippen LogP contribution in [0.15, 0.2) is 45.8 Å². The Morgan fingerprint density at radius 1 is 1.09 bits per heavy atom. The van der Waals surface area contributed by atoms with Crippen molar-refractivity contribution in [1.29, 1.82) is 0 Å². The highest BCUT2D eigenvalue weighted by Gasteiger charge is 2.54. The van der Waals surface area contributed by atoms with Crippen LogP contribution in [0.2, 0.25) is 0 Å². The third-order valence-electron chi connectivity index (χ3n) is 10.4. The number of pyridine rings is 1. The second kappa shape index (κ2) is 16.1. The molecule has 18 heteroatoms. The summed E-state index contributed by atoms with van der Waals surface area (Å²) in [6.07, 6.45) is 2.61. The standard InChI is InChI=1S/C38H39FN4O11S2/c1-19-5-6-24-32-25(34(47)26(37(49)50)16-42(19)32)15-27(39)33(24)41-10-7-22(8-11-41)54-29(46)9-12-52-38(51)31-21(17-53-20(2)44)18-56-36-30(35(48)43(31)36)40-28(45)14-23-4-3-13-55-23/h3-4,13,15-16,19,22,30,36H,5-12,14,17-18H2,1-2H3,(H,40,45)(H,49,50)/t19?,30-,36-/m1/s1. The van der Waals surface area contributed by atoms with Gasteiger partial charge in [0.05, 0.1) is 24.0 Å². The van der Waals surface area contributed by atoms with Crippen LogP contribution in [0, 0.1) is 5.82 Å². The van der Waals surface area contributed by atoms with E-state index in [1.54, 1.807) is 4.57 Å². The van der Waals surface area contributed by atoms with Crippen molar-refractivity contribution in [3.8, 4) is 0 Å².